The molecule has 1 aromatic heterocycles. The van der Waals surface area contributed by atoms with Crippen molar-refractivity contribution in [2.75, 3.05) is 0 Å². The van der Waals surface area contributed by atoms with Gasteiger partial charge in [0.1, 0.15) is 6.33 Å². The van der Waals surface area contributed by atoms with Crippen molar-refractivity contribution in [3.05, 3.63) is 52.8 Å². The third kappa shape index (κ3) is 2.10. The van der Waals surface area contributed by atoms with E-state index in [-0.39, 0.29) is 11.7 Å². The van der Waals surface area contributed by atoms with Gasteiger partial charge < -0.3 is 0 Å². The summed E-state index contributed by atoms with van der Waals surface area (Å²) in [6.45, 7) is 7.93. The third-order valence-electron chi connectivity index (χ3n) is 3.18. The topological polar surface area (TPSA) is 39.8 Å². The van der Waals surface area contributed by atoms with Crippen LogP contribution in [0.25, 0.3) is 0 Å². The highest BCUT2D eigenvalue weighted by Crippen LogP contribution is 2.21. The van der Waals surface area contributed by atoms with Crippen molar-refractivity contribution in [2.24, 2.45) is 0 Å². The molecule has 0 saturated carbocycles. The van der Waals surface area contributed by atoms with Crippen LogP contribution in [0.3, 0.4) is 0 Å². The van der Waals surface area contributed by atoms with Crippen molar-refractivity contribution in [1.29, 1.82) is 0 Å². The minimum Gasteiger partial charge on any atom is -0.268 e. The van der Waals surface area contributed by atoms with Crippen molar-refractivity contribution in [1.82, 2.24) is 14.3 Å². The van der Waals surface area contributed by atoms with E-state index in [9.17, 15) is 4.79 Å². The van der Waals surface area contributed by atoms with Gasteiger partial charge in [-0.1, -0.05) is 36.0 Å². The predicted octanol–water partition coefficient (Wildman–Crippen LogP) is 2.41. The van der Waals surface area contributed by atoms with Gasteiger partial charge in [-0.05, 0) is 27.7 Å². The zero-order valence-corrected chi connectivity index (χ0v) is 11.3. The molecule has 0 unspecified atom stereocenters. The Bertz CT molecular complexity index is 586. The highest BCUT2D eigenvalue weighted by atomic mass is 16.2. The lowest BCUT2D eigenvalue weighted by atomic mass is 10.0. The van der Waals surface area contributed by atoms with E-state index in [1.54, 1.807) is 10.9 Å². The summed E-state index contributed by atoms with van der Waals surface area (Å²) in [5.41, 5.74) is 0.624. The van der Waals surface area contributed by atoms with Gasteiger partial charge in [0.2, 0.25) is 0 Å². The summed E-state index contributed by atoms with van der Waals surface area (Å²) in [4.78, 5) is 12.3. The summed E-state index contributed by atoms with van der Waals surface area (Å²) in [5, 5.41) is 4.17. The summed E-state index contributed by atoms with van der Waals surface area (Å²) in [6, 6.07) is 0.0703. The van der Waals surface area contributed by atoms with Crippen LogP contribution >= 0.6 is 0 Å². The molecule has 0 amide bonds. The molecule has 18 heavy (non-hydrogen) atoms. The van der Waals surface area contributed by atoms with E-state index in [0.717, 1.165) is 0 Å². The van der Waals surface area contributed by atoms with E-state index >= 15 is 0 Å². The lowest BCUT2D eigenvalue weighted by Gasteiger charge is -2.21. The van der Waals surface area contributed by atoms with Crippen LogP contribution in [0, 0.1) is 0 Å². The van der Waals surface area contributed by atoms with Crippen LogP contribution in [0.1, 0.15) is 33.7 Å². The second-order valence-corrected chi connectivity index (χ2v) is 5.15. The van der Waals surface area contributed by atoms with Crippen molar-refractivity contribution in [2.45, 2.75) is 39.3 Å². The van der Waals surface area contributed by atoms with Gasteiger partial charge in [0.15, 0.2) is 0 Å². The first-order valence-corrected chi connectivity index (χ1v) is 6.16. The van der Waals surface area contributed by atoms with Gasteiger partial charge in [0.25, 0.3) is 0 Å². The maximum Gasteiger partial charge on any atom is 0.346 e. The molecule has 0 radical (unpaired) electrons. The van der Waals surface area contributed by atoms with Gasteiger partial charge in [-0.2, -0.15) is 5.10 Å². The van der Waals surface area contributed by atoms with E-state index in [1.807, 2.05) is 58.1 Å². The Labute approximate surface area is 107 Å². The second kappa shape index (κ2) is 4.44. The predicted molar refractivity (Wildman–Crippen MR) is 72.6 cm³/mol. The zero-order chi connectivity index (χ0) is 13.3. The average molecular weight is 245 g/mol. The number of hydrogen-bond donors (Lipinski definition) is 0. The first-order chi connectivity index (χ1) is 8.44. The smallest absolute Gasteiger partial charge is 0.268 e. The zero-order valence-electron chi connectivity index (χ0n) is 11.3. The van der Waals surface area contributed by atoms with E-state index in [1.165, 1.54) is 10.3 Å². The molecular weight excluding hydrogens is 226 g/mol. The SMILES string of the molecule is CC1=CC=C[C@@](C)(n2cnn(C(C)C)c2=O)C=C1. The summed E-state index contributed by atoms with van der Waals surface area (Å²) in [6.07, 6.45) is 11.7. The molecule has 0 saturated heterocycles. The van der Waals surface area contributed by atoms with Crippen LogP contribution in [0.15, 0.2) is 47.1 Å². The number of hydrogen-bond acceptors (Lipinski definition) is 2. The molecule has 0 aliphatic heterocycles. The van der Waals surface area contributed by atoms with Gasteiger partial charge in [-0.15, -0.1) is 0 Å². The van der Waals surface area contributed by atoms with Crippen LogP contribution in [0.5, 0.6) is 0 Å². The monoisotopic (exact) mass is 245 g/mol. The summed E-state index contributed by atoms with van der Waals surface area (Å²) >= 11 is 0. The van der Waals surface area contributed by atoms with Crippen LogP contribution in [-0.2, 0) is 5.54 Å². The minimum atomic E-state index is -0.460. The van der Waals surface area contributed by atoms with Gasteiger partial charge in [-0.3, -0.25) is 4.57 Å². The summed E-state index contributed by atoms with van der Waals surface area (Å²) in [5.74, 6) is 0. The van der Waals surface area contributed by atoms with Crippen LogP contribution in [0.2, 0.25) is 0 Å². The molecule has 96 valence electrons. The Morgan fingerprint density at radius 3 is 2.67 bits per heavy atom. The highest BCUT2D eigenvalue weighted by molar-refractivity contribution is 5.31. The molecule has 1 aliphatic rings. The quantitative estimate of drug-likeness (QED) is 0.802. The normalized spacial score (nSPS) is 23.3. The van der Waals surface area contributed by atoms with Crippen molar-refractivity contribution in [3.63, 3.8) is 0 Å². The van der Waals surface area contributed by atoms with E-state index in [2.05, 4.69) is 5.10 Å². The fourth-order valence-corrected chi connectivity index (χ4v) is 1.97. The Kier molecular flexibility index (Phi) is 3.11. The standard InChI is InChI=1S/C14H19N3O/c1-11(2)17-13(18)16(10-15-17)14(4)8-5-6-12(3)7-9-14/h5-11H,1-4H3/t14-/m1/s1. The first kappa shape index (κ1) is 12.6. The lowest BCUT2D eigenvalue weighted by molar-refractivity contribution is 0.462. The number of rotatable bonds is 2. The number of nitrogens with zero attached hydrogens (tertiary/aromatic N) is 3. The molecule has 0 fully saturated rings. The Hall–Kier alpha value is -1.84. The fraction of sp³-hybridized carbons (Fsp3) is 0.429. The van der Waals surface area contributed by atoms with E-state index in [4.69, 9.17) is 0 Å². The summed E-state index contributed by atoms with van der Waals surface area (Å²) in [7, 11) is 0. The van der Waals surface area contributed by atoms with Crippen molar-refractivity contribution in [3.8, 4) is 0 Å². The van der Waals surface area contributed by atoms with Gasteiger partial charge >= 0.3 is 5.69 Å². The molecule has 0 aromatic carbocycles. The van der Waals surface area contributed by atoms with Crippen LogP contribution < -0.4 is 5.69 Å². The maximum absolute atomic E-state index is 12.3. The molecule has 0 spiro atoms. The minimum absolute atomic E-state index is 0.0703. The number of aromatic nitrogens is 3. The van der Waals surface area contributed by atoms with Gasteiger partial charge in [0, 0.05) is 0 Å². The Morgan fingerprint density at radius 1 is 1.33 bits per heavy atom. The molecule has 4 nitrogen and oxygen atoms in total. The lowest BCUT2D eigenvalue weighted by Crippen LogP contribution is -2.36. The third-order valence-corrected chi connectivity index (χ3v) is 3.18. The Balaban J connectivity index is 2.50. The number of allylic oxidation sites excluding steroid dienone is 6. The second-order valence-electron chi connectivity index (χ2n) is 5.15. The van der Waals surface area contributed by atoms with Crippen LogP contribution in [-0.4, -0.2) is 14.3 Å². The highest BCUT2D eigenvalue weighted by Gasteiger charge is 2.24. The largest absolute Gasteiger partial charge is 0.346 e. The molecule has 0 bridgehead atoms. The van der Waals surface area contributed by atoms with E-state index < -0.39 is 5.54 Å². The van der Waals surface area contributed by atoms with Gasteiger partial charge in [-0.25, -0.2) is 9.48 Å². The first-order valence-electron chi connectivity index (χ1n) is 6.16. The van der Waals surface area contributed by atoms with Crippen molar-refractivity contribution < 1.29 is 0 Å². The molecule has 1 heterocycles. The molecule has 1 aromatic rings. The molecule has 1 atom stereocenters. The summed E-state index contributed by atoms with van der Waals surface area (Å²) < 4.78 is 3.16. The van der Waals surface area contributed by atoms with Crippen LogP contribution in [0.4, 0.5) is 0 Å². The molecular formula is C14H19N3O. The molecule has 1 aliphatic carbocycles. The molecule has 0 N–H and O–H groups in total. The Morgan fingerprint density at radius 2 is 2.06 bits per heavy atom. The molecule has 2 rings (SSSR count). The van der Waals surface area contributed by atoms with Gasteiger partial charge in [0.05, 0.1) is 11.6 Å². The fourth-order valence-electron chi connectivity index (χ4n) is 1.97. The van der Waals surface area contributed by atoms with Crippen molar-refractivity contribution >= 4 is 0 Å². The molecule has 4 heteroatoms. The maximum atomic E-state index is 12.3. The average Bonchev–Trinajstić information content (AvgIpc) is 2.60. The van der Waals surface area contributed by atoms with E-state index in [0.29, 0.717) is 0 Å².